The van der Waals surface area contributed by atoms with Crippen molar-refractivity contribution in [2.24, 2.45) is 0 Å². The monoisotopic (exact) mass is 256 g/mol. The third-order valence-electron chi connectivity index (χ3n) is 1.88. The number of esters is 1. The average molecular weight is 257 g/mol. The Hall–Kier alpha value is -0.930. The lowest BCUT2D eigenvalue weighted by Crippen LogP contribution is -1.98. The Kier molecular flexibility index (Phi) is 5.43. The maximum atomic E-state index is 11.1. The molecule has 0 aliphatic rings. The van der Waals surface area contributed by atoms with Gasteiger partial charge in [0.25, 0.3) is 0 Å². The number of hydrogen-bond donors (Lipinski definition) is 0. The average Bonchev–Trinajstić information content (AvgIpc) is 2.27. The van der Waals surface area contributed by atoms with E-state index in [2.05, 4.69) is 0 Å². The number of rotatable bonds is 4. The lowest BCUT2D eigenvalue weighted by Gasteiger charge is -2.03. The van der Waals surface area contributed by atoms with Crippen molar-refractivity contribution >= 4 is 35.4 Å². The summed E-state index contributed by atoms with van der Waals surface area (Å²) in [4.78, 5) is 12.2. The Morgan fingerprint density at radius 2 is 2.31 bits per heavy atom. The first-order chi connectivity index (χ1) is 7.67. The predicted octanol–water partition coefficient (Wildman–Crippen LogP) is 3.64. The predicted molar refractivity (Wildman–Crippen MR) is 68.9 cm³/mol. The summed E-state index contributed by atoms with van der Waals surface area (Å²) in [5.74, 6) is -0.329. The molecule has 0 heterocycles. The number of benzene rings is 1. The van der Waals surface area contributed by atoms with Gasteiger partial charge in [0.2, 0.25) is 0 Å². The topological polar surface area (TPSA) is 26.3 Å². The molecule has 0 radical (unpaired) electrons. The molecular formula is C12H13ClO2S. The molecule has 86 valence electrons. The van der Waals surface area contributed by atoms with Gasteiger partial charge in [0.1, 0.15) is 0 Å². The highest BCUT2D eigenvalue weighted by molar-refractivity contribution is 7.98. The van der Waals surface area contributed by atoms with Crippen LogP contribution in [-0.4, -0.2) is 18.8 Å². The Balaban J connectivity index is 2.84. The maximum Gasteiger partial charge on any atom is 0.330 e. The lowest BCUT2D eigenvalue weighted by atomic mass is 10.2. The van der Waals surface area contributed by atoms with E-state index in [-0.39, 0.29) is 5.97 Å². The van der Waals surface area contributed by atoms with Crippen LogP contribution in [0.25, 0.3) is 6.08 Å². The van der Waals surface area contributed by atoms with Gasteiger partial charge in [0.15, 0.2) is 0 Å². The van der Waals surface area contributed by atoms with Gasteiger partial charge in [0, 0.05) is 16.0 Å². The summed E-state index contributed by atoms with van der Waals surface area (Å²) in [6.45, 7) is 2.17. The van der Waals surface area contributed by atoms with E-state index in [0.29, 0.717) is 11.6 Å². The van der Waals surface area contributed by atoms with E-state index in [0.717, 1.165) is 10.5 Å². The van der Waals surface area contributed by atoms with Gasteiger partial charge in [-0.15, -0.1) is 11.8 Å². The van der Waals surface area contributed by atoms with Crippen LogP contribution in [0.1, 0.15) is 12.5 Å². The number of ether oxygens (including phenoxy) is 1. The largest absolute Gasteiger partial charge is 0.463 e. The minimum atomic E-state index is -0.329. The number of carbonyl (C=O) groups excluding carboxylic acids is 1. The molecule has 0 aliphatic carbocycles. The van der Waals surface area contributed by atoms with E-state index in [1.54, 1.807) is 30.8 Å². The SMILES string of the molecule is CCOC(=O)C=Cc1ccc(Cl)cc1SC. The van der Waals surface area contributed by atoms with Crippen LogP contribution in [0, 0.1) is 0 Å². The molecule has 0 saturated heterocycles. The van der Waals surface area contributed by atoms with E-state index < -0.39 is 0 Å². The number of thioether (sulfide) groups is 1. The van der Waals surface area contributed by atoms with Gasteiger partial charge in [-0.25, -0.2) is 4.79 Å². The van der Waals surface area contributed by atoms with E-state index in [1.807, 2.05) is 18.4 Å². The zero-order valence-corrected chi connectivity index (χ0v) is 10.8. The minimum Gasteiger partial charge on any atom is -0.463 e. The van der Waals surface area contributed by atoms with Crippen molar-refractivity contribution in [1.82, 2.24) is 0 Å². The molecular weight excluding hydrogens is 244 g/mol. The van der Waals surface area contributed by atoms with Crippen LogP contribution in [-0.2, 0) is 9.53 Å². The molecule has 0 spiro atoms. The standard InChI is InChI=1S/C12H13ClO2S/c1-3-15-12(14)7-5-9-4-6-10(13)8-11(9)16-2/h4-8H,3H2,1-2H3. The first kappa shape index (κ1) is 13.1. The van der Waals surface area contributed by atoms with Crippen LogP contribution in [0.2, 0.25) is 5.02 Å². The molecule has 2 nitrogen and oxygen atoms in total. The second kappa shape index (κ2) is 6.61. The summed E-state index contributed by atoms with van der Waals surface area (Å²) in [6.07, 6.45) is 5.12. The fourth-order valence-corrected chi connectivity index (χ4v) is 2.02. The van der Waals surface area contributed by atoms with E-state index in [1.165, 1.54) is 6.08 Å². The van der Waals surface area contributed by atoms with Crippen molar-refractivity contribution in [3.63, 3.8) is 0 Å². The summed E-state index contributed by atoms with van der Waals surface area (Å²) in [5, 5.41) is 0.692. The van der Waals surface area contributed by atoms with Crippen molar-refractivity contribution in [2.45, 2.75) is 11.8 Å². The van der Waals surface area contributed by atoms with Gasteiger partial charge in [0.05, 0.1) is 6.61 Å². The number of carbonyl (C=O) groups is 1. The van der Waals surface area contributed by atoms with Gasteiger partial charge >= 0.3 is 5.97 Å². The maximum absolute atomic E-state index is 11.1. The van der Waals surface area contributed by atoms with Crippen molar-refractivity contribution < 1.29 is 9.53 Å². The Morgan fingerprint density at radius 3 is 2.94 bits per heavy atom. The van der Waals surface area contributed by atoms with Crippen LogP contribution in [0.4, 0.5) is 0 Å². The zero-order valence-electron chi connectivity index (χ0n) is 9.20. The molecule has 1 aromatic carbocycles. The number of halogens is 1. The van der Waals surface area contributed by atoms with Crippen molar-refractivity contribution in [1.29, 1.82) is 0 Å². The summed E-state index contributed by atoms with van der Waals surface area (Å²) in [6, 6.07) is 5.55. The Morgan fingerprint density at radius 1 is 1.56 bits per heavy atom. The summed E-state index contributed by atoms with van der Waals surface area (Å²) in [7, 11) is 0. The van der Waals surface area contributed by atoms with Gasteiger partial charge in [-0.3, -0.25) is 0 Å². The molecule has 1 rings (SSSR count). The first-order valence-electron chi connectivity index (χ1n) is 4.85. The second-order valence-corrected chi connectivity index (χ2v) is 4.26. The van der Waals surface area contributed by atoms with Crippen LogP contribution >= 0.6 is 23.4 Å². The summed E-state index contributed by atoms with van der Waals surface area (Å²) < 4.78 is 4.80. The van der Waals surface area contributed by atoms with Crippen molar-refractivity contribution in [3.05, 3.63) is 34.9 Å². The summed E-state index contributed by atoms with van der Waals surface area (Å²) >= 11 is 7.47. The van der Waals surface area contributed by atoms with Gasteiger partial charge < -0.3 is 4.74 Å². The van der Waals surface area contributed by atoms with Gasteiger partial charge in [-0.05, 0) is 37.0 Å². The molecule has 0 aromatic heterocycles. The molecule has 0 saturated carbocycles. The quantitative estimate of drug-likeness (QED) is 0.467. The van der Waals surface area contributed by atoms with E-state index in [9.17, 15) is 4.79 Å². The zero-order chi connectivity index (χ0) is 12.0. The minimum absolute atomic E-state index is 0.329. The molecule has 0 atom stereocenters. The van der Waals surface area contributed by atoms with Gasteiger partial charge in [-0.2, -0.15) is 0 Å². The third-order valence-corrected chi connectivity index (χ3v) is 2.91. The lowest BCUT2D eigenvalue weighted by molar-refractivity contribution is -0.137. The fraction of sp³-hybridized carbons (Fsp3) is 0.250. The van der Waals surface area contributed by atoms with Crippen LogP contribution < -0.4 is 0 Å². The molecule has 0 bridgehead atoms. The van der Waals surface area contributed by atoms with E-state index >= 15 is 0 Å². The normalized spacial score (nSPS) is 10.7. The molecule has 0 fully saturated rings. The fourth-order valence-electron chi connectivity index (χ4n) is 1.17. The molecule has 16 heavy (non-hydrogen) atoms. The first-order valence-corrected chi connectivity index (χ1v) is 6.46. The molecule has 4 heteroatoms. The summed E-state index contributed by atoms with van der Waals surface area (Å²) in [5.41, 5.74) is 0.963. The highest BCUT2D eigenvalue weighted by Gasteiger charge is 2.00. The van der Waals surface area contributed by atoms with Gasteiger partial charge in [-0.1, -0.05) is 17.7 Å². The highest BCUT2D eigenvalue weighted by Crippen LogP contribution is 2.25. The second-order valence-electron chi connectivity index (χ2n) is 2.97. The third kappa shape index (κ3) is 3.91. The van der Waals surface area contributed by atoms with Crippen LogP contribution in [0.15, 0.2) is 29.2 Å². The van der Waals surface area contributed by atoms with Crippen LogP contribution in [0.5, 0.6) is 0 Å². The molecule has 0 unspecified atom stereocenters. The highest BCUT2D eigenvalue weighted by atomic mass is 35.5. The van der Waals surface area contributed by atoms with Crippen molar-refractivity contribution in [2.75, 3.05) is 12.9 Å². The molecule has 0 N–H and O–H groups in total. The molecule has 0 amide bonds. The Bertz CT molecular complexity index is 402. The van der Waals surface area contributed by atoms with Crippen LogP contribution in [0.3, 0.4) is 0 Å². The molecule has 0 aliphatic heterocycles. The van der Waals surface area contributed by atoms with E-state index in [4.69, 9.17) is 16.3 Å². The number of hydrogen-bond acceptors (Lipinski definition) is 3. The van der Waals surface area contributed by atoms with Crippen molar-refractivity contribution in [3.8, 4) is 0 Å². The smallest absolute Gasteiger partial charge is 0.330 e. The molecule has 1 aromatic rings. The Labute approximate surface area is 105 Å².